The van der Waals surface area contributed by atoms with Gasteiger partial charge in [0.1, 0.15) is 0 Å². The zero-order valence-electron chi connectivity index (χ0n) is 24.1. The third-order valence-corrected chi connectivity index (χ3v) is 14.1. The summed E-state index contributed by atoms with van der Waals surface area (Å²) in [5.41, 5.74) is 1.22. The molecule has 30 heavy (non-hydrogen) atoms. The van der Waals surface area contributed by atoms with Gasteiger partial charge in [-0.05, 0) is 73.0 Å². The van der Waals surface area contributed by atoms with E-state index in [0.29, 0.717) is 34.5 Å². The molecule has 0 saturated carbocycles. The first-order valence-electron chi connectivity index (χ1n) is 12.2. The summed E-state index contributed by atoms with van der Waals surface area (Å²) in [5, 5.41) is 0. The molecule has 0 radical (unpaired) electrons. The van der Waals surface area contributed by atoms with E-state index in [0.717, 1.165) is 0 Å². The Morgan fingerprint density at radius 3 is 0.733 bits per heavy atom. The Morgan fingerprint density at radius 2 is 0.567 bits per heavy atom. The van der Waals surface area contributed by atoms with Gasteiger partial charge in [0.25, 0.3) is 0 Å². The van der Waals surface area contributed by atoms with Gasteiger partial charge < -0.3 is 0 Å². The molecule has 0 heterocycles. The molecular weight excluding hydrogens is 400 g/mol. The highest BCUT2D eigenvalue weighted by Gasteiger charge is 2.48. The van der Waals surface area contributed by atoms with Gasteiger partial charge >= 0.3 is 0 Å². The average molecular weight is 459 g/mol. The standard InChI is InChI=1S/C28H58S2/c1-19(23(5,6)7)25(11,12)21(3)27(15,16)29-30-28(17,18)22(4)26(13,14)20(2)24(8,9)10/h19-22H,1-18H3. The van der Waals surface area contributed by atoms with Crippen molar-refractivity contribution in [3.8, 4) is 0 Å². The van der Waals surface area contributed by atoms with Crippen LogP contribution in [0.3, 0.4) is 0 Å². The third kappa shape index (κ3) is 7.10. The molecule has 182 valence electrons. The van der Waals surface area contributed by atoms with E-state index in [2.05, 4.69) is 146 Å². The highest BCUT2D eigenvalue weighted by Crippen LogP contribution is 2.58. The second kappa shape index (κ2) is 9.52. The molecule has 0 aromatic heterocycles. The molecule has 0 N–H and O–H groups in total. The van der Waals surface area contributed by atoms with E-state index in [4.69, 9.17) is 0 Å². The van der Waals surface area contributed by atoms with E-state index in [-0.39, 0.29) is 20.3 Å². The molecule has 0 aromatic rings. The SMILES string of the molecule is CC(C(C)(C)C)C(C)(C)C(C)C(C)(C)SSC(C)(C)C(C)C(C)(C)C(C)C(C)(C)C. The molecule has 0 saturated heterocycles. The molecule has 2 heteroatoms. The molecule has 0 spiro atoms. The molecule has 0 fully saturated rings. The highest BCUT2D eigenvalue weighted by molar-refractivity contribution is 8.77. The van der Waals surface area contributed by atoms with Gasteiger partial charge in [-0.3, -0.25) is 0 Å². The van der Waals surface area contributed by atoms with Gasteiger partial charge in [0.15, 0.2) is 0 Å². The molecule has 0 aliphatic heterocycles. The lowest BCUT2D eigenvalue weighted by molar-refractivity contribution is 0.0389. The van der Waals surface area contributed by atoms with Crippen LogP contribution >= 0.6 is 21.6 Å². The molecule has 0 aliphatic rings. The number of hydrogen-bond donors (Lipinski definition) is 0. The lowest BCUT2D eigenvalue weighted by atomic mass is 9.59. The minimum absolute atomic E-state index is 0.213. The summed E-state index contributed by atoms with van der Waals surface area (Å²) < 4.78 is 0.426. The second-order valence-electron chi connectivity index (χ2n) is 14.6. The van der Waals surface area contributed by atoms with Gasteiger partial charge in [-0.2, -0.15) is 0 Å². The highest BCUT2D eigenvalue weighted by atomic mass is 33.1. The van der Waals surface area contributed by atoms with E-state index in [1.165, 1.54) is 0 Å². The molecule has 0 bridgehead atoms. The second-order valence-corrected chi connectivity index (χ2v) is 18.1. The van der Waals surface area contributed by atoms with Crippen LogP contribution < -0.4 is 0 Å². The van der Waals surface area contributed by atoms with E-state index >= 15 is 0 Å². The Labute approximate surface area is 200 Å². The maximum atomic E-state index is 2.49. The topological polar surface area (TPSA) is 0 Å². The van der Waals surface area contributed by atoms with Crippen molar-refractivity contribution >= 4 is 21.6 Å². The van der Waals surface area contributed by atoms with E-state index in [9.17, 15) is 0 Å². The van der Waals surface area contributed by atoms with Gasteiger partial charge in [-0.1, -0.05) is 119 Å². The van der Waals surface area contributed by atoms with Gasteiger partial charge in [0.2, 0.25) is 0 Å². The smallest absolute Gasteiger partial charge is 0.0238 e. The van der Waals surface area contributed by atoms with Crippen molar-refractivity contribution in [2.24, 2.45) is 45.3 Å². The fourth-order valence-electron chi connectivity index (χ4n) is 5.13. The summed E-state index contributed by atoms with van der Waals surface area (Å²) in [4.78, 5) is 0. The summed E-state index contributed by atoms with van der Waals surface area (Å²) in [5.74, 6) is 2.54. The summed E-state index contributed by atoms with van der Waals surface area (Å²) in [6.07, 6.45) is 0. The third-order valence-electron chi connectivity index (χ3n) is 9.62. The molecule has 0 amide bonds. The van der Waals surface area contributed by atoms with Crippen LogP contribution in [0.15, 0.2) is 0 Å². The Balaban J connectivity index is 5.53. The molecule has 4 atom stereocenters. The quantitative estimate of drug-likeness (QED) is 0.315. The van der Waals surface area contributed by atoms with Crippen molar-refractivity contribution in [1.29, 1.82) is 0 Å². The zero-order chi connectivity index (χ0) is 24.7. The fourth-order valence-corrected chi connectivity index (χ4v) is 8.61. The number of hydrogen-bond acceptors (Lipinski definition) is 2. The van der Waals surface area contributed by atoms with Gasteiger partial charge in [-0.25, -0.2) is 0 Å². The molecule has 0 nitrogen and oxygen atoms in total. The van der Waals surface area contributed by atoms with Crippen molar-refractivity contribution in [2.45, 2.75) is 134 Å². The molecular formula is C28H58S2. The first-order chi connectivity index (χ1) is 12.8. The predicted molar refractivity (Wildman–Crippen MR) is 146 cm³/mol. The van der Waals surface area contributed by atoms with Crippen molar-refractivity contribution in [2.75, 3.05) is 0 Å². The Bertz CT molecular complexity index is 490. The average Bonchev–Trinajstić information content (AvgIpc) is 2.55. The first-order valence-corrected chi connectivity index (χ1v) is 14.3. The van der Waals surface area contributed by atoms with Crippen LogP contribution in [0.25, 0.3) is 0 Å². The number of rotatable bonds is 9. The summed E-state index contributed by atoms with van der Waals surface area (Å²) in [7, 11) is 4.26. The summed E-state index contributed by atoms with van der Waals surface area (Å²) in [6.45, 7) is 44.1. The maximum absolute atomic E-state index is 2.49. The van der Waals surface area contributed by atoms with Gasteiger partial charge in [0, 0.05) is 9.49 Å². The van der Waals surface area contributed by atoms with Crippen LogP contribution in [0.5, 0.6) is 0 Å². The van der Waals surface area contributed by atoms with Crippen LogP contribution in [0.4, 0.5) is 0 Å². The minimum atomic E-state index is 0.213. The van der Waals surface area contributed by atoms with Crippen LogP contribution in [0.1, 0.15) is 125 Å². The van der Waals surface area contributed by atoms with Crippen molar-refractivity contribution in [3.63, 3.8) is 0 Å². The van der Waals surface area contributed by atoms with Gasteiger partial charge in [-0.15, -0.1) is 0 Å². The van der Waals surface area contributed by atoms with Crippen molar-refractivity contribution < 1.29 is 0 Å². The largest absolute Gasteiger partial charge is 0.0870 e. The molecule has 4 unspecified atom stereocenters. The van der Waals surface area contributed by atoms with E-state index < -0.39 is 0 Å². The lowest BCUT2D eigenvalue weighted by Gasteiger charge is -2.52. The Hall–Kier alpha value is 0.700. The van der Waals surface area contributed by atoms with Gasteiger partial charge in [0.05, 0.1) is 0 Å². The van der Waals surface area contributed by atoms with Crippen molar-refractivity contribution in [1.82, 2.24) is 0 Å². The Morgan fingerprint density at radius 1 is 0.367 bits per heavy atom. The van der Waals surface area contributed by atoms with E-state index in [1.54, 1.807) is 0 Å². The van der Waals surface area contributed by atoms with Crippen LogP contribution in [0, 0.1) is 45.3 Å². The van der Waals surface area contributed by atoms with E-state index in [1.807, 2.05) is 0 Å². The first kappa shape index (κ1) is 30.7. The predicted octanol–water partition coefficient (Wildman–Crippen LogP) is 10.6. The summed E-state index contributed by atoms with van der Waals surface area (Å²) >= 11 is 0. The molecule has 0 aliphatic carbocycles. The van der Waals surface area contributed by atoms with Crippen LogP contribution in [0.2, 0.25) is 0 Å². The van der Waals surface area contributed by atoms with Crippen LogP contribution in [-0.2, 0) is 0 Å². The molecule has 0 rings (SSSR count). The van der Waals surface area contributed by atoms with Crippen molar-refractivity contribution in [3.05, 3.63) is 0 Å². The monoisotopic (exact) mass is 458 g/mol. The maximum Gasteiger partial charge on any atom is 0.0238 e. The Kier molecular flexibility index (Phi) is 9.74. The zero-order valence-corrected chi connectivity index (χ0v) is 25.8. The minimum Gasteiger partial charge on any atom is -0.0870 e. The fraction of sp³-hybridized carbons (Fsp3) is 1.00. The van der Waals surface area contributed by atoms with Crippen LogP contribution in [-0.4, -0.2) is 9.49 Å². The summed E-state index contributed by atoms with van der Waals surface area (Å²) in [6, 6.07) is 0. The normalized spacial score (nSPS) is 19.4. The molecule has 0 aromatic carbocycles. The lowest BCUT2D eigenvalue weighted by Crippen LogP contribution is -2.46.